The quantitative estimate of drug-likeness (QED) is 0.0450. The zero-order valence-electron chi connectivity index (χ0n) is 37.8. The average molecular weight is 891 g/mol. The van der Waals surface area contributed by atoms with Crippen LogP contribution in [-0.4, -0.2) is 78.9 Å². The molecule has 2 N–H and O–H groups in total. The molecule has 12 heteroatoms. The van der Waals surface area contributed by atoms with Crippen molar-refractivity contribution in [2.24, 2.45) is 22.9 Å². The van der Waals surface area contributed by atoms with Crippen molar-refractivity contribution in [3.63, 3.8) is 0 Å². The second kappa shape index (κ2) is 22.6. The summed E-state index contributed by atoms with van der Waals surface area (Å²) in [4.78, 5) is 22.0. The Morgan fingerprint density at radius 3 is 2.37 bits per heavy atom. The van der Waals surface area contributed by atoms with Gasteiger partial charge in [-0.1, -0.05) is 78.7 Å². The smallest absolute Gasteiger partial charge is 0.410 e. The Morgan fingerprint density at radius 2 is 1.65 bits per heavy atom. The molecule has 6 unspecified atom stereocenters. The lowest BCUT2D eigenvalue weighted by Crippen LogP contribution is -2.70. The topological polar surface area (TPSA) is 129 Å². The Labute approximate surface area is 382 Å². The van der Waals surface area contributed by atoms with Crippen LogP contribution in [0.1, 0.15) is 78.7 Å². The standard InChI is InChI=1S/C53H63FN2O9/c1-5-27-63-53-49(56(34-38-18-20-41(54)21-19-38)52(59)62-29-28-61-35-39-13-7-6-8-14-39)33-47(55-60-4)45-31-40(15-9-11-25-57)44(16-10-12-26-58)50(51(45)53)46-32-43(23-24-48(46)65-53)64-42-22-17-36(2)37(3)30-42/h5-8,13-14,17-24,30-32,40,44,49-51,57-58H,1,9-12,15-16,25-29,33-35H2,2-4H3. The normalized spacial score (nSPS) is 22.5. The zero-order chi connectivity index (χ0) is 45.8. The summed E-state index contributed by atoms with van der Waals surface area (Å²) >= 11 is 0. The number of aryl methyl sites for hydroxylation is 2. The van der Waals surface area contributed by atoms with Gasteiger partial charge in [-0.25, -0.2) is 9.18 Å². The predicted molar refractivity (Wildman–Crippen MR) is 247 cm³/mol. The van der Waals surface area contributed by atoms with Crippen molar-refractivity contribution in [3.05, 3.63) is 149 Å². The molecular formula is C53H63FN2O9. The van der Waals surface area contributed by atoms with Gasteiger partial charge >= 0.3 is 6.09 Å². The maximum atomic E-state index is 14.8. The number of oxime groups is 1. The first-order valence-electron chi connectivity index (χ1n) is 22.9. The van der Waals surface area contributed by atoms with E-state index in [9.17, 15) is 19.4 Å². The molecule has 346 valence electrons. The number of hydrogen-bond donors (Lipinski definition) is 2. The van der Waals surface area contributed by atoms with Crippen molar-refractivity contribution >= 4 is 11.8 Å². The molecule has 1 amide bonds. The SMILES string of the molecule is C=CCOC12Oc3ccc(Oc4ccc(C)c(C)c4)cc3C3C(CCCCO)C(CCCCO)C=C(C(=NOC)CC1N(Cc1ccc(F)cc1)C(=O)OCCOCc1ccccc1)C32. The highest BCUT2D eigenvalue weighted by atomic mass is 19.1. The Morgan fingerprint density at radius 1 is 0.908 bits per heavy atom. The van der Waals surface area contributed by atoms with E-state index in [2.05, 4.69) is 37.7 Å². The Bertz CT molecular complexity index is 2270. The number of nitrogens with zero attached hydrogens (tertiary/aromatic N) is 2. The van der Waals surface area contributed by atoms with E-state index in [1.807, 2.05) is 60.7 Å². The zero-order valence-corrected chi connectivity index (χ0v) is 37.8. The molecule has 7 rings (SSSR count). The van der Waals surface area contributed by atoms with Gasteiger partial charge in [-0.2, -0.15) is 0 Å². The van der Waals surface area contributed by atoms with Crippen LogP contribution in [0.3, 0.4) is 0 Å². The van der Waals surface area contributed by atoms with E-state index < -0.39 is 29.7 Å². The first-order valence-corrected chi connectivity index (χ1v) is 22.9. The van der Waals surface area contributed by atoms with Crippen LogP contribution in [0.2, 0.25) is 0 Å². The molecule has 0 spiro atoms. The summed E-state index contributed by atoms with van der Waals surface area (Å²) < 4.78 is 47.3. The van der Waals surface area contributed by atoms with E-state index in [-0.39, 0.29) is 63.8 Å². The van der Waals surface area contributed by atoms with E-state index in [1.165, 1.54) is 24.8 Å². The average Bonchev–Trinajstić information content (AvgIpc) is 3.31. The van der Waals surface area contributed by atoms with E-state index in [0.717, 1.165) is 47.9 Å². The van der Waals surface area contributed by atoms with Crippen LogP contribution in [0.5, 0.6) is 17.2 Å². The molecule has 1 fully saturated rings. The van der Waals surface area contributed by atoms with Crippen molar-refractivity contribution in [3.8, 4) is 17.2 Å². The van der Waals surface area contributed by atoms with E-state index in [0.29, 0.717) is 48.0 Å². The third kappa shape index (κ3) is 11.1. The number of rotatable bonds is 22. The van der Waals surface area contributed by atoms with Crippen molar-refractivity contribution in [2.45, 2.75) is 89.7 Å². The third-order valence-corrected chi connectivity index (χ3v) is 13.0. The number of unbranched alkanes of at least 4 members (excludes halogenated alkanes) is 2. The largest absolute Gasteiger partial charge is 0.459 e. The summed E-state index contributed by atoms with van der Waals surface area (Å²) in [7, 11) is 1.51. The summed E-state index contributed by atoms with van der Waals surface area (Å²) in [5.74, 6) is -0.694. The molecule has 11 nitrogen and oxygen atoms in total. The van der Waals surface area contributed by atoms with Crippen LogP contribution in [0.15, 0.2) is 120 Å². The fourth-order valence-electron chi connectivity index (χ4n) is 9.86. The predicted octanol–water partition coefficient (Wildman–Crippen LogP) is 10.4. The molecule has 4 aromatic carbocycles. The molecule has 2 aliphatic carbocycles. The highest BCUT2D eigenvalue weighted by Gasteiger charge is 2.65. The number of carbonyl (C=O) groups is 1. The van der Waals surface area contributed by atoms with Gasteiger partial charge in [-0.3, -0.25) is 4.90 Å². The molecule has 3 aliphatic rings. The van der Waals surface area contributed by atoms with Gasteiger partial charge in [0.05, 0.1) is 31.5 Å². The van der Waals surface area contributed by atoms with Gasteiger partial charge in [-0.15, -0.1) is 6.58 Å². The Hall–Kier alpha value is -5.53. The molecule has 1 saturated carbocycles. The van der Waals surface area contributed by atoms with Crippen LogP contribution in [0.25, 0.3) is 0 Å². The molecule has 0 radical (unpaired) electrons. The van der Waals surface area contributed by atoms with Crippen LogP contribution < -0.4 is 9.47 Å². The van der Waals surface area contributed by atoms with Gasteiger partial charge in [0.2, 0.25) is 5.79 Å². The van der Waals surface area contributed by atoms with Crippen molar-refractivity contribution in [1.82, 2.24) is 4.90 Å². The summed E-state index contributed by atoms with van der Waals surface area (Å²) in [6.07, 6.45) is 7.97. The van der Waals surface area contributed by atoms with Gasteiger partial charge in [0, 0.05) is 37.7 Å². The van der Waals surface area contributed by atoms with Gasteiger partial charge in [0.15, 0.2) is 0 Å². The highest BCUT2D eigenvalue weighted by molar-refractivity contribution is 6.03. The summed E-state index contributed by atoms with van der Waals surface area (Å²) in [6.45, 7) is 8.94. The molecule has 0 aromatic heterocycles. The number of benzene rings is 4. The number of carbonyl (C=O) groups excluding carboxylic acids is 1. The summed E-state index contributed by atoms with van der Waals surface area (Å²) in [5.41, 5.74) is 6.43. The van der Waals surface area contributed by atoms with Gasteiger partial charge in [0.1, 0.15) is 42.8 Å². The van der Waals surface area contributed by atoms with Gasteiger partial charge in [0.25, 0.3) is 0 Å². The number of amides is 1. The van der Waals surface area contributed by atoms with Crippen LogP contribution in [0.4, 0.5) is 9.18 Å². The molecule has 0 bridgehead atoms. The summed E-state index contributed by atoms with van der Waals surface area (Å²) in [5, 5.41) is 24.6. The second-order valence-corrected chi connectivity index (χ2v) is 17.2. The molecule has 1 aliphatic heterocycles. The Balaban J connectivity index is 1.36. The minimum atomic E-state index is -1.52. The highest BCUT2D eigenvalue weighted by Crippen LogP contribution is 2.62. The lowest BCUT2D eigenvalue weighted by atomic mass is 9.55. The van der Waals surface area contributed by atoms with Gasteiger partial charge < -0.3 is 38.7 Å². The van der Waals surface area contributed by atoms with E-state index in [1.54, 1.807) is 23.1 Å². The van der Waals surface area contributed by atoms with Crippen LogP contribution in [0, 0.1) is 37.4 Å². The van der Waals surface area contributed by atoms with E-state index >= 15 is 0 Å². The molecule has 1 heterocycles. The van der Waals surface area contributed by atoms with Gasteiger partial charge in [-0.05, 0) is 122 Å². The maximum absolute atomic E-state index is 14.8. The van der Waals surface area contributed by atoms with Crippen molar-refractivity contribution < 1.29 is 47.9 Å². The van der Waals surface area contributed by atoms with Crippen molar-refractivity contribution in [1.29, 1.82) is 0 Å². The number of halogens is 1. The minimum absolute atomic E-state index is 0.0158. The third-order valence-electron chi connectivity index (χ3n) is 13.0. The first kappa shape index (κ1) is 47.4. The van der Waals surface area contributed by atoms with Crippen LogP contribution >= 0.6 is 0 Å². The number of hydrogen-bond acceptors (Lipinski definition) is 10. The first-order chi connectivity index (χ1) is 31.7. The number of fused-ring (bicyclic) bond motifs is 2. The van der Waals surface area contributed by atoms with Crippen molar-refractivity contribution in [2.75, 3.05) is 40.1 Å². The number of ether oxygens (including phenoxy) is 5. The van der Waals surface area contributed by atoms with Crippen LogP contribution in [-0.2, 0) is 32.2 Å². The monoisotopic (exact) mass is 890 g/mol. The fourth-order valence-corrected chi connectivity index (χ4v) is 9.86. The molecule has 4 aromatic rings. The number of allylic oxidation sites excluding steroid dienone is 1. The number of aliphatic hydroxyl groups is 2. The lowest BCUT2D eigenvalue weighted by molar-refractivity contribution is -0.256. The molecular weight excluding hydrogens is 828 g/mol. The second-order valence-electron chi connectivity index (χ2n) is 17.2. The molecule has 65 heavy (non-hydrogen) atoms. The van der Waals surface area contributed by atoms with E-state index in [4.69, 9.17) is 28.5 Å². The Kier molecular flexibility index (Phi) is 16.5. The maximum Gasteiger partial charge on any atom is 0.410 e. The number of aliphatic hydroxyl groups excluding tert-OH is 2. The molecule has 6 atom stereocenters. The molecule has 0 saturated heterocycles. The fraction of sp³-hybridized carbons (Fsp3) is 0.434. The minimum Gasteiger partial charge on any atom is -0.459 e. The lowest BCUT2D eigenvalue weighted by Gasteiger charge is -2.59. The summed E-state index contributed by atoms with van der Waals surface area (Å²) in [6, 6.07) is 26.9.